The molecule has 1 atom stereocenters. The van der Waals surface area contributed by atoms with E-state index >= 15 is 0 Å². The van der Waals surface area contributed by atoms with Crippen molar-refractivity contribution in [2.75, 3.05) is 0 Å². The number of fused-ring (bicyclic) bond motifs is 1. The second-order valence-corrected chi connectivity index (χ2v) is 8.47. The highest BCUT2D eigenvalue weighted by atomic mass is 16.5. The van der Waals surface area contributed by atoms with E-state index in [4.69, 9.17) is 20.0 Å². The Bertz CT molecular complexity index is 1600. The molecule has 0 fully saturated rings. The van der Waals surface area contributed by atoms with Crippen LogP contribution in [0.1, 0.15) is 29.5 Å². The minimum atomic E-state index is -0.573. The Morgan fingerprint density at radius 3 is 2.58 bits per heavy atom. The van der Waals surface area contributed by atoms with Crippen molar-refractivity contribution in [3.8, 4) is 40.3 Å². The molecule has 8 nitrogen and oxygen atoms in total. The van der Waals surface area contributed by atoms with E-state index in [0.717, 1.165) is 28.9 Å². The SMILES string of the molecule is CCc1ccc(-c2[nH]ncc2[C@@H]2C(C#N)=C(N)Oc3c2c(-c2ccco2)nn3-c2ccccc2)cc1. The molecular formula is C28H22N6O2. The normalized spacial score (nSPS) is 14.8. The number of rotatable bonds is 5. The van der Waals surface area contributed by atoms with Crippen molar-refractivity contribution in [2.45, 2.75) is 19.3 Å². The van der Waals surface area contributed by atoms with Crippen LogP contribution in [-0.2, 0) is 6.42 Å². The summed E-state index contributed by atoms with van der Waals surface area (Å²) in [7, 11) is 0. The number of aromatic nitrogens is 4. The van der Waals surface area contributed by atoms with E-state index in [1.165, 1.54) is 5.56 Å². The highest BCUT2D eigenvalue weighted by molar-refractivity contribution is 5.73. The van der Waals surface area contributed by atoms with Crippen molar-refractivity contribution in [3.63, 3.8) is 0 Å². The molecule has 0 radical (unpaired) electrons. The first kappa shape index (κ1) is 21.5. The Labute approximate surface area is 207 Å². The number of aromatic amines is 1. The van der Waals surface area contributed by atoms with Crippen LogP contribution >= 0.6 is 0 Å². The van der Waals surface area contributed by atoms with E-state index in [-0.39, 0.29) is 11.5 Å². The molecule has 0 amide bonds. The molecule has 0 saturated carbocycles. The number of H-pyrrole nitrogens is 1. The molecule has 4 heterocycles. The number of nitrogens with two attached hydrogens (primary N) is 1. The van der Waals surface area contributed by atoms with Crippen molar-refractivity contribution in [1.82, 2.24) is 20.0 Å². The maximum Gasteiger partial charge on any atom is 0.229 e. The molecule has 1 aliphatic heterocycles. The van der Waals surface area contributed by atoms with Crippen molar-refractivity contribution < 1.29 is 9.15 Å². The lowest BCUT2D eigenvalue weighted by molar-refractivity contribution is 0.367. The number of hydrogen-bond donors (Lipinski definition) is 2. The fourth-order valence-corrected chi connectivity index (χ4v) is 4.64. The molecule has 2 aromatic carbocycles. The van der Waals surface area contributed by atoms with Crippen LogP contribution in [-0.4, -0.2) is 20.0 Å². The lowest BCUT2D eigenvalue weighted by Crippen LogP contribution is -2.22. The van der Waals surface area contributed by atoms with Crippen LogP contribution < -0.4 is 10.5 Å². The number of allylic oxidation sites excluding steroid dienone is 1. The van der Waals surface area contributed by atoms with E-state index in [9.17, 15) is 5.26 Å². The molecule has 5 aromatic rings. The maximum absolute atomic E-state index is 10.2. The smallest absolute Gasteiger partial charge is 0.229 e. The number of furan rings is 1. The molecule has 36 heavy (non-hydrogen) atoms. The number of aryl methyl sites for hydroxylation is 1. The Balaban J connectivity index is 1.61. The topological polar surface area (TPSA) is 119 Å². The van der Waals surface area contributed by atoms with Gasteiger partial charge in [0.2, 0.25) is 11.8 Å². The van der Waals surface area contributed by atoms with Gasteiger partial charge in [-0.15, -0.1) is 0 Å². The van der Waals surface area contributed by atoms with Gasteiger partial charge in [0.1, 0.15) is 17.3 Å². The molecule has 3 aromatic heterocycles. The second-order valence-electron chi connectivity index (χ2n) is 8.47. The van der Waals surface area contributed by atoms with Crippen molar-refractivity contribution in [2.24, 2.45) is 5.73 Å². The summed E-state index contributed by atoms with van der Waals surface area (Å²) in [5.41, 5.74) is 12.5. The summed E-state index contributed by atoms with van der Waals surface area (Å²) in [6, 6.07) is 23.8. The van der Waals surface area contributed by atoms with Crippen molar-refractivity contribution in [1.29, 1.82) is 5.26 Å². The monoisotopic (exact) mass is 474 g/mol. The Kier molecular flexibility index (Phi) is 5.16. The van der Waals surface area contributed by atoms with Crippen LogP contribution in [0, 0.1) is 11.3 Å². The van der Waals surface area contributed by atoms with Gasteiger partial charge in [0.05, 0.1) is 35.3 Å². The third kappa shape index (κ3) is 3.37. The number of nitrogens with zero attached hydrogens (tertiary/aromatic N) is 4. The van der Waals surface area contributed by atoms with Crippen LogP contribution in [0.5, 0.6) is 5.88 Å². The van der Waals surface area contributed by atoms with Gasteiger partial charge in [0, 0.05) is 5.56 Å². The van der Waals surface area contributed by atoms with Gasteiger partial charge in [-0.05, 0) is 41.8 Å². The predicted octanol–water partition coefficient (Wildman–Crippen LogP) is 5.30. The zero-order valence-corrected chi connectivity index (χ0v) is 19.5. The lowest BCUT2D eigenvalue weighted by atomic mass is 9.82. The van der Waals surface area contributed by atoms with Gasteiger partial charge in [-0.1, -0.05) is 49.4 Å². The number of hydrogen-bond acceptors (Lipinski definition) is 6. The molecule has 6 rings (SSSR count). The van der Waals surface area contributed by atoms with Crippen molar-refractivity contribution in [3.05, 3.63) is 107 Å². The molecule has 0 saturated heterocycles. The second kappa shape index (κ2) is 8.64. The fourth-order valence-electron chi connectivity index (χ4n) is 4.64. The molecular weight excluding hydrogens is 452 g/mol. The Morgan fingerprint density at radius 1 is 1.08 bits per heavy atom. The zero-order chi connectivity index (χ0) is 24.6. The first-order valence-corrected chi connectivity index (χ1v) is 11.6. The van der Waals surface area contributed by atoms with Gasteiger partial charge in [-0.3, -0.25) is 5.10 Å². The van der Waals surface area contributed by atoms with Crippen LogP contribution in [0.2, 0.25) is 0 Å². The Morgan fingerprint density at radius 2 is 1.89 bits per heavy atom. The molecule has 0 bridgehead atoms. The summed E-state index contributed by atoms with van der Waals surface area (Å²) in [5.74, 6) is 0.453. The van der Waals surface area contributed by atoms with Gasteiger partial charge in [-0.2, -0.15) is 20.1 Å². The summed E-state index contributed by atoms with van der Waals surface area (Å²) in [5, 5.41) is 22.5. The highest BCUT2D eigenvalue weighted by Gasteiger charge is 2.40. The standard InChI is InChI=1S/C28H22N6O2/c1-2-17-10-12-18(13-11-17)25-21(16-31-32-25)23-20(15-29)27(30)36-28-24(23)26(22-9-6-14-35-22)33-34(28)19-7-4-3-5-8-19/h3-14,16,23H,2,30H2,1H3,(H,31,32)/t23-/m0/s1. The van der Waals surface area contributed by atoms with Crippen LogP contribution in [0.15, 0.2) is 95.1 Å². The van der Waals surface area contributed by atoms with E-state index < -0.39 is 5.92 Å². The number of ether oxygens (including phenoxy) is 1. The van der Waals surface area contributed by atoms with Crippen LogP contribution in [0.4, 0.5) is 0 Å². The third-order valence-electron chi connectivity index (χ3n) is 6.43. The predicted molar refractivity (Wildman–Crippen MR) is 134 cm³/mol. The number of nitriles is 1. The molecule has 0 aliphatic carbocycles. The van der Waals surface area contributed by atoms with Gasteiger partial charge < -0.3 is 14.9 Å². The van der Waals surface area contributed by atoms with Gasteiger partial charge in [0.15, 0.2) is 5.76 Å². The Hall–Kier alpha value is -5.03. The average molecular weight is 475 g/mol. The van der Waals surface area contributed by atoms with Crippen molar-refractivity contribution >= 4 is 0 Å². The number of benzene rings is 2. The van der Waals surface area contributed by atoms with Crippen LogP contribution in [0.3, 0.4) is 0 Å². The van der Waals surface area contributed by atoms with E-state index in [2.05, 4.69) is 47.5 Å². The lowest BCUT2D eigenvalue weighted by Gasteiger charge is -2.24. The summed E-state index contributed by atoms with van der Waals surface area (Å²) in [6.07, 6.45) is 4.28. The van der Waals surface area contributed by atoms with E-state index in [0.29, 0.717) is 22.9 Å². The third-order valence-corrected chi connectivity index (χ3v) is 6.43. The van der Waals surface area contributed by atoms with Gasteiger partial charge >= 0.3 is 0 Å². The number of nitrogens with one attached hydrogen (secondary N) is 1. The molecule has 0 spiro atoms. The summed E-state index contributed by atoms with van der Waals surface area (Å²) >= 11 is 0. The number of para-hydroxylation sites is 1. The van der Waals surface area contributed by atoms with Crippen LogP contribution in [0.25, 0.3) is 28.4 Å². The minimum Gasteiger partial charge on any atom is -0.463 e. The molecule has 8 heteroatoms. The average Bonchev–Trinajstić information content (AvgIpc) is 3.68. The summed E-state index contributed by atoms with van der Waals surface area (Å²) < 4.78 is 13.5. The first-order chi connectivity index (χ1) is 17.7. The largest absolute Gasteiger partial charge is 0.463 e. The highest BCUT2D eigenvalue weighted by Crippen LogP contribution is 2.49. The fraction of sp³-hybridized carbons (Fsp3) is 0.107. The summed E-state index contributed by atoms with van der Waals surface area (Å²) in [4.78, 5) is 0. The minimum absolute atomic E-state index is 0.0338. The molecule has 3 N–H and O–H groups in total. The van der Waals surface area contributed by atoms with E-state index in [1.807, 2.05) is 36.4 Å². The molecule has 0 unspecified atom stereocenters. The van der Waals surface area contributed by atoms with Gasteiger partial charge in [0.25, 0.3) is 0 Å². The quantitative estimate of drug-likeness (QED) is 0.357. The zero-order valence-electron chi connectivity index (χ0n) is 19.5. The summed E-state index contributed by atoms with van der Waals surface area (Å²) in [6.45, 7) is 2.12. The maximum atomic E-state index is 10.2. The first-order valence-electron chi connectivity index (χ1n) is 11.6. The molecule has 176 valence electrons. The molecule has 1 aliphatic rings. The van der Waals surface area contributed by atoms with Gasteiger partial charge in [-0.25, -0.2) is 0 Å². The van der Waals surface area contributed by atoms with E-state index in [1.54, 1.807) is 23.2 Å².